The van der Waals surface area contributed by atoms with Crippen LogP contribution in [0.2, 0.25) is 0 Å². The zero-order valence-corrected chi connectivity index (χ0v) is 6.08. The van der Waals surface area contributed by atoms with Gasteiger partial charge < -0.3 is 21.4 Å². The lowest BCUT2D eigenvalue weighted by Crippen LogP contribution is -1.91. The lowest BCUT2D eigenvalue weighted by Gasteiger charge is -2.06. The first-order valence-corrected chi connectivity index (χ1v) is 2.33. The Bertz CT molecular complexity index is 126. The van der Waals surface area contributed by atoms with Crippen molar-refractivity contribution in [1.29, 1.82) is 0 Å². The zero-order chi connectivity index (χ0) is 7.21. The molecule has 0 aliphatic rings. The fraction of sp³-hybridized carbons (Fsp3) is 0. The van der Waals surface area contributed by atoms with Crippen LogP contribution in [-0.2, 0) is 10.4 Å². The molecule has 10 heavy (non-hydrogen) atoms. The van der Waals surface area contributed by atoms with E-state index in [-0.39, 0.29) is 12.3 Å². The third kappa shape index (κ3) is 420. The molecule has 66 valence electrons. The summed E-state index contributed by atoms with van der Waals surface area (Å²) in [6.45, 7) is 0. The first-order valence-electron chi connectivity index (χ1n) is 1.00. The molecule has 0 fully saturated rings. The van der Waals surface area contributed by atoms with E-state index >= 15 is 0 Å². The van der Waals surface area contributed by atoms with Crippen molar-refractivity contribution in [1.82, 2.24) is 12.3 Å². The maximum atomic E-state index is 8.52. The second kappa shape index (κ2) is 11.0. The van der Waals surface area contributed by atoms with Gasteiger partial charge in [-0.05, 0) is 0 Å². The number of hydrogen-bond acceptors (Lipinski definition) is 6. The lowest BCUT2D eigenvalue weighted by atomic mass is 14.0. The van der Waals surface area contributed by atoms with Crippen LogP contribution in [0.15, 0.2) is 0 Å². The van der Waals surface area contributed by atoms with Crippen LogP contribution in [0.5, 0.6) is 0 Å². The van der Waals surface area contributed by atoms with E-state index in [0.717, 1.165) is 0 Å². The van der Waals surface area contributed by atoms with Gasteiger partial charge in [0.1, 0.15) is 0 Å². The van der Waals surface area contributed by atoms with E-state index in [0.29, 0.717) is 0 Å². The molecule has 0 aromatic rings. The molecule has 0 aliphatic carbocycles. The Morgan fingerprint density at radius 2 is 1.10 bits per heavy atom. The first-order chi connectivity index (χ1) is 3.41. The summed E-state index contributed by atoms with van der Waals surface area (Å²) in [5, 5.41) is 7.88. The summed E-state index contributed by atoms with van der Waals surface area (Å²) in [6, 6.07) is 0. The molecule has 8 N–H and O–H groups in total. The predicted octanol–water partition coefficient (Wildman–Crippen LogP) is -1.71. The van der Waals surface area contributed by atoms with Gasteiger partial charge in [0.2, 0.25) is 0 Å². The normalized spacial score (nSPS) is 7.00. The lowest BCUT2D eigenvalue weighted by molar-refractivity contribution is -0.284. The van der Waals surface area contributed by atoms with Crippen LogP contribution in [0, 0.1) is 9.71 Å². The average Bonchev–Trinajstić information content (AvgIpc) is 1.27. The molecule has 9 nitrogen and oxygen atoms in total. The average molecular weight is 180 g/mol. The Balaban J connectivity index is -0.0000000326. The van der Waals surface area contributed by atoms with Gasteiger partial charge in [0, 0.05) is 10.4 Å². The van der Waals surface area contributed by atoms with Crippen molar-refractivity contribution >= 4 is 10.4 Å². The molecule has 0 bridgehead atoms. The van der Waals surface area contributed by atoms with Crippen LogP contribution in [-0.4, -0.2) is 17.5 Å². The Morgan fingerprint density at radius 3 is 1.10 bits per heavy atom. The zero-order valence-electron chi connectivity index (χ0n) is 5.27. The highest BCUT2D eigenvalue weighted by molar-refractivity contribution is 7.79. The van der Waals surface area contributed by atoms with Crippen molar-refractivity contribution in [2.24, 2.45) is 0 Å². The Morgan fingerprint density at radius 1 is 1.10 bits per heavy atom. The van der Waals surface area contributed by atoms with Gasteiger partial charge in [0.25, 0.3) is 0 Å². The van der Waals surface area contributed by atoms with E-state index in [9.17, 15) is 0 Å². The smallest absolute Gasteiger partial charge is 0.154 e. The topological polar surface area (TPSA) is 205 Å². The monoisotopic (exact) mass is 180 g/mol. The predicted molar refractivity (Wildman–Crippen MR) is 29.2 cm³/mol. The quantitative estimate of drug-likeness (QED) is 0.146. The van der Waals surface area contributed by atoms with Crippen LogP contribution >= 0.6 is 0 Å². The molecule has 0 radical (unpaired) electrons. The minimum atomic E-state index is -5.17. The fourth-order valence-corrected chi connectivity index (χ4v) is 0. The van der Waals surface area contributed by atoms with Crippen molar-refractivity contribution in [2.45, 2.75) is 0 Å². The maximum Gasteiger partial charge on any atom is 0.154 e. The third-order valence-electron chi connectivity index (χ3n) is 0. The van der Waals surface area contributed by atoms with E-state index in [1.165, 1.54) is 0 Å². The number of quaternary nitrogens is 2. The molecule has 0 heterocycles. The van der Waals surface area contributed by atoms with Gasteiger partial charge in [0.05, 0.1) is 0 Å². The van der Waals surface area contributed by atoms with Gasteiger partial charge >= 0.3 is 0 Å². The minimum absolute atomic E-state index is 0. The van der Waals surface area contributed by atoms with E-state index in [1.54, 1.807) is 4.75 Å². The molecular formula is H8N2O7S. The highest BCUT2D eigenvalue weighted by Crippen LogP contribution is 1.57. The Hall–Kier alpha value is -0.810. The summed E-state index contributed by atoms with van der Waals surface area (Å²) in [5.74, 6) is 0. The van der Waals surface area contributed by atoms with Crippen LogP contribution in [0.3, 0.4) is 0 Å². The van der Waals surface area contributed by atoms with E-state index in [2.05, 4.69) is 0 Å². The molecular weight excluding hydrogens is 172 g/mol. The Labute approximate surface area is 56.3 Å². The van der Waals surface area contributed by atoms with Gasteiger partial charge in [-0.25, -0.2) is 0 Å². The van der Waals surface area contributed by atoms with Gasteiger partial charge in [-0.15, -0.1) is 0 Å². The highest BCUT2D eigenvalue weighted by atomic mass is 32.3. The molecule has 0 saturated carbocycles. The SMILES string of the molecule is O=S(=O)([O-])[O-].O=[O+][O-].[NH4+].[NH4+]. The van der Waals surface area contributed by atoms with Crippen molar-refractivity contribution in [2.75, 3.05) is 0 Å². The van der Waals surface area contributed by atoms with Crippen LogP contribution in [0.25, 0.3) is 0 Å². The van der Waals surface area contributed by atoms with Gasteiger partial charge in [-0.2, -0.15) is 0 Å². The molecule has 0 unspecified atom stereocenters. The van der Waals surface area contributed by atoms with Crippen LogP contribution in [0.4, 0.5) is 0 Å². The van der Waals surface area contributed by atoms with E-state index in [4.69, 9.17) is 27.7 Å². The summed E-state index contributed by atoms with van der Waals surface area (Å²) >= 11 is 0. The van der Waals surface area contributed by atoms with Crippen molar-refractivity contribution in [3.05, 3.63) is 9.71 Å². The van der Waals surface area contributed by atoms with E-state index < -0.39 is 10.4 Å². The van der Waals surface area contributed by atoms with Gasteiger partial charge in [-0.3, -0.25) is 8.42 Å². The summed E-state index contributed by atoms with van der Waals surface area (Å²) < 4.78 is 35.8. The van der Waals surface area contributed by atoms with Crippen LogP contribution < -0.4 is 17.6 Å². The molecule has 0 spiro atoms. The molecule has 0 rings (SSSR count). The molecule has 10 heteroatoms. The van der Waals surface area contributed by atoms with Crippen molar-refractivity contribution in [3.63, 3.8) is 0 Å². The minimum Gasteiger partial charge on any atom is -0.759 e. The summed E-state index contributed by atoms with van der Waals surface area (Å²) in [5.41, 5.74) is 0. The maximum absolute atomic E-state index is 8.52. The molecule has 0 amide bonds. The Kier molecular flexibility index (Phi) is 25.3. The molecule has 0 saturated heterocycles. The molecule has 0 atom stereocenters. The largest absolute Gasteiger partial charge is 0.759 e. The van der Waals surface area contributed by atoms with Gasteiger partial charge in [-0.1, -0.05) is 10.2 Å². The standard InChI is InChI=1S/2H3N.H2O4S.O3/c;;1-5(2,3)4;1-3-2/h2*1H3;(H2,1,2,3,4);. The second-order valence-corrected chi connectivity index (χ2v) is 1.29. The summed E-state index contributed by atoms with van der Waals surface area (Å²) in [6.07, 6.45) is 0. The number of hydrogen-bond donors (Lipinski definition) is 2. The van der Waals surface area contributed by atoms with Crippen molar-refractivity contribution < 1.29 is 22.8 Å². The molecule has 0 aromatic heterocycles. The van der Waals surface area contributed by atoms with Gasteiger partial charge in [0.15, 0.2) is 4.75 Å². The fourth-order valence-electron chi connectivity index (χ4n) is 0. The van der Waals surface area contributed by atoms with E-state index in [1.807, 2.05) is 0 Å². The highest BCUT2D eigenvalue weighted by Gasteiger charge is 1.49. The number of rotatable bonds is 0. The molecule has 0 aliphatic heterocycles. The first kappa shape index (κ1) is 22.9. The summed E-state index contributed by atoms with van der Waals surface area (Å²) in [4.78, 5) is 7.88. The summed E-state index contributed by atoms with van der Waals surface area (Å²) in [7, 11) is -5.17. The van der Waals surface area contributed by atoms with Crippen LogP contribution in [0.1, 0.15) is 0 Å². The van der Waals surface area contributed by atoms with Crippen molar-refractivity contribution in [3.8, 4) is 0 Å². The molecule has 0 aromatic carbocycles. The third-order valence-corrected chi connectivity index (χ3v) is 0. The second-order valence-electron chi connectivity index (χ2n) is 0.476.